The Hall–Kier alpha value is -0.660. The van der Waals surface area contributed by atoms with Crippen LogP contribution in [0.15, 0.2) is 27.1 Å². The average Bonchev–Trinajstić information content (AvgIpc) is 2.77. The molecule has 0 aliphatic rings. The lowest BCUT2D eigenvalue weighted by Crippen LogP contribution is -2.02. The molecule has 1 aromatic heterocycles. The number of halogens is 2. The molecule has 2 aromatic rings. The summed E-state index contributed by atoms with van der Waals surface area (Å²) in [4.78, 5) is 0. The summed E-state index contributed by atoms with van der Waals surface area (Å²) >= 11 is 8.26. The van der Waals surface area contributed by atoms with Crippen LogP contribution in [0.2, 0.25) is 0 Å². The summed E-state index contributed by atoms with van der Waals surface area (Å²) < 4.78 is 11.5. The van der Waals surface area contributed by atoms with Gasteiger partial charge in [0.2, 0.25) is 0 Å². The molecule has 1 aromatic carbocycles. The molecule has 0 unspecified atom stereocenters. The molecule has 7 heteroatoms. The van der Waals surface area contributed by atoms with Crippen molar-refractivity contribution >= 4 is 48.4 Å². The Labute approximate surface area is 126 Å². The van der Waals surface area contributed by atoms with E-state index in [4.69, 9.17) is 4.74 Å². The number of nitrogens with zero attached hydrogens (tertiary/aromatic N) is 2. The summed E-state index contributed by atoms with van der Waals surface area (Å²) in [5, 5.41) is 8.23. The predicted molar refractivity (Wildman–Crippen MR) is 80.2 cm³/mol. The van der Waals surface area contributed by atoms with Crippen LogP contribution in [-0.2, 0) is 6.61 Å². The zero-order valence-electron chi connectivity index (χ0n) is 9.61. The summed E-state index contributed by atoms with van der Waals surface area (Å²) in [7, 11) is 0. The minimum atomic E-state index is 0.389. The smallest absolute Gasteiger partial charge is 0.148 e. The van der Waals surface area contributed by atoms with Gasteiger partial charge in [0, 0.05) is 18.1 Å². The van der Waals surface area contributed by atoms with Crippen molar-refractivity contribution in [2.45, 2.75) is 13.5 Å². The molecule has 0 saturated heterocycles. The van der Waals surface area contributed by atoms with Gasteiger partial charge in [0.25, 0.3) is 0 Å². The molecule has 0 aliphatic heterocycles. The highest BCUT2D eigenvalue weighted by Crippen LogP contribution is 2.34. The van der Waals surface area contributed by atoms with E-state index >= 15 is 0 Å². The summed E-state index contributed by atoms with van der Waals surface area (Å²) in [6.07, 6.45) is 0. The van der Waals surface area contributed by atoms with Crippen LogP contribution in [0, 0.1) is 0 Å². The molecule has 0 bridgehead atoms. The summed E-state index contributed by atoms with van der Waals surface area (Å²) in [5.41, 5.74) is 0.824. The van der Waals surface area contributed by atoms with Crippen molar-refractivity contribution in [1.29, 1.82) is 0 Å². The first-order valence-electron chi connectivity index (χ1n) is 5.34. The molecule has 0 atom stereocenters. The molecule has 18 heavy (non-hydrogen) atoms. The first-order valence-corrected chi connectivity index (χ1v) is 7.70. The minimum absolute atomic E-state index is 0.389. The van der Waals surface area contributed by atoms with E-state index in [-0.39, 0.29) is 0 Å². The number of hydrogen-bond acceptors (Lipinski definition) is 5. The van der Waals surface area contributed by atoms with E-state index < -0.39 is 0 Å². The number of hydrogen-bond donors (Lipinski definition) is 1. The second kappa shape index (κ2) is 6.49. The van der Waals surface area contributed by atoms with Gasteiger partial charge in [-0.05, 0) is 50.9 Å². The standard InChI is InChI=1S/C11H11Br2N3OS/c1-2-14-11-9(15-16-18-11)6-17-10-7(12)4-3-5-8(10)13/h3-5,14H,2,6H2,1H3. The number of benzene rings is 1. The van der Waals surface area contributed by atoms with Gasteiger partial charge in [0.1, 0.15) is 23.1 Å². The maximum absolute atomic E-state index is 5.77. The zero-order valence-corrected chi connectivity index (χ0v) is 13.6. The van der Waals surface area contributed by atoms with Gasteiger partial charge < -0.3 is 10.1 Å². The van der Waals surface area contributed by atoms with E-state index in [1.807, 2.05) is 25.1 Å². The number of rotatable bonds is 5. The Morgan fingerprint density at radius 1 is 1.33 bits per heavy atom. The van der Waals surface area contributed by atoms with Crippen LogP contribution in [0.1, 0.15) is 12.6 Å². The van der Waals surface area contributed by atoms with Gasteiger partial charge >= 0.3 is 0 Å². The van der Waals surface area contributed by atoms with Crippen LogP contribution in [0.3, 0.4) is 0 Å². The Kier molecular flexibility index (Phi) is 4.96. The molecule has 0 radical (unpaired) electrons. The largest absolute Gasteiger partial charge is 0.485 e. The van der Waals surface area contributed by atoms with E-state index in [1.165, 1.54) is 11.5 Å². The third-order valence-corrected chi connectivity index (χ3v) is 4.14. The normalized spacial score (nSPS) is 10.4. The van der Waals surface area contributed by atoms with Crippen molar-refractivity contribution < 1.29 is 4.74 Å². The van der Waals surface area contributed by atoms with Crippen LogP contribution < -0.4 is 10.1 Å². The van der Waals surface area contributed by atoms with Gasteiger partial charge in [-0.2, -0.15) is 0 Å². The average molecular weight is 393 g/mol. The Morgan fingerprint density at radius 2 is 2.06 bits per heavy atom. The highest BCUT2D eigenvalue weighted by molar-refractivity contribution is 9.11. The molecule has 0 fully saturated rings. The van der Waals surface area contributed by atoms with Gasteiger partial charge in [-0.25, -0.2) is 0 Å². The molecule has 96 valence electrons. The van der Waals surface area contributed by atoms with E-state index in [1.54, 1.807) is 0 Å². The van der Waals surface area contributed by atoms with E-state index in [0.29, 0.717) is 6.61 Å². The molecule has 1 heterocycles. The van der Waals surface area contributed by atoms with Crippen LogP contribution in [-0.4, -0.2) is 16.1 Å². The molecule has 0 aliphatic carbocycles. The van der Waals surface area contributed by atoms with Gasteiger partial charge in [-0.3, -0.25) is 0 Å². The molecule has 0 spiro atoms. The van der Waals surface area contributed by atoms with Crippen molar-refractivity contribution in [2.75, 3.05) is 11.9 Å². The SMILES string of the molecule is CCNc1snnc1COc1c(Br)cccc1Br. The first-order chi connectivity index (χ1) is 8.72. The first kappa shape index (κ1) is 13.8. The quantitative estimate of drug-likeness (QED) is 0.832. The van der Waals surface area contributed by atoms with E-state index in [9.17, 15) is 0 Å². The lowest BCUT2D eigenvalue weighted by atomic mass is 10.3. The predicted octanol–water partition coefficient (Wildman–Crippen LogP) is 4.07. The van der Waals surface area contributed by atoms with Crippen molar-refractivity contribution in [2.24, 2.45) is 0 Å². The molecule has 0 amide bonds. The van der Waals surface area contributed by atoms with E-state index in [2.05, 4.69) is 46.8 Å². The number of ether oxygens (including phenoxy) is 1. The van der Waals surface area contributed by atoms with Gasteiger partial charge in [-0.1, -0.05) is 10.6 Å². The number of para-hydroxylation sites is 1. The van der Waals surface area contributed by atoms with Gasteiger partial charge in [-0.15, -0.1) is 5.10 Å². The fourth-order valence-electron chi connectivity index (χ4n) is 1.36. The maximum atomic E-state index is 5.77. The van der Waals surface area contributed by atoms with Crippen LogP contribution in [0.5, 0.6) is 5.75 Å². The van der Waals surface area contributed by atoms with Gasteiger partial charge in [0.15, 0.2) is 0 Å². The van der Waals surface area contributed by atoms with Gasteiger partial charge in [0.05, 0.1) is 8.95 Å². The number of nitrogens with one attached hydrogen (secondary N) is 1. The lowest BCUT2D eigenvalue weighted by molar-refractivity contribution is 0.298. The van der Waals surface area contributed by atoms with Crippen LogP contribution >= 0.6 is 43.4 Å². The molecular weight excluding hydrogens is 382 g/mol. The second-order valence-electron chi connectivity index (χ2n) is 3.42. The zero-order chi connectivity index (χ0) is 13.0. The molecule has 1 N–H and O–H groups in total. The third kappa shape index (κ3) is 3.21. The molecule has 2 rings (SSSR count). The third-order valence-electron chi connectivity index (χ3n) is 2.17. The summed E-state index contributed by atoms with van der Waals surface area (Å²) in [6, 6.07) is 5.81. The van der Waals surface area contributed by atoms with Crippen LogP contribution in [0.25, 0.3) is 0 Å². The Morgan fingerprint density at radius 3 is 2.72 bits per heavy atom. The van der Waals surface area contributed by atoms with Crippen LogP contribution in [0.4, 0.5) is 5.00 Å². The fourth-order valence-corrected chi connectivity index (χ4v) is 3.22. The molecular formula is C11H11Br2N3OS. The summed E-state index contributed by atoms with van der Waals surface area (Å²) in [6.45, 7) is 3.27. The van der Waals surface area contributed by atoms with E-state index in [0.717, 1.165) is 31.9 Å². The monoisotopic (exact) mass is 391 g/mol. The number of anilines is 1. The topological polar surface area (TPSA) is 47.0 Å². The molecule has 4 nitrogen and oxygen atoms in total. The highest BCUT2D eigenvalue weighted by Gasteiger charge is 2.11. The van der Waals surface area contributed by atoms with Crippen molar-refractivity contribution in [3.8, 4) is 5.75 Å². The summed E-state index contributed by atoms with van der Waals surface area (Å²) in [5.74, 6) is 0.771. The Bertz CT molecular complexity index is 513. The maximum Gasteiger partial charge on any atom is 0.148 e. The number of aromatic nitrogens is 2. The molecule has 0 saturated carbocycles. The lowest BCUT2D eigenvalue weighted by Gasteiger charge is -2.09. The van der Waals surface area contributed by atoms with Crippen molar-refractivity contribution in [1.82, 2.24) is 9.59 Å². The fraction of sp³-hybridized carbons (Fsp3) is 0.273. The Balaban J connectivity index is 2.09. The second-order valence-corrected chi connectivity index (χ2v) is 5.88. The minimum Gasteiger partial charge on any atom is -0.485 e. The van der Waals surface area contributed by atoms with Crippen molar-refractivity contribution in [3.63, 3.8) is 0 Å². The van der Waals surface area contributed by atoms with Crippen molar-refractivity contribution in [3.05, 3.63) is 32.8 Å². The highest BCUT2D eigenvalue weighted by atomic mass is 79.9.